The van der Waals surface area contributed by atoms with E-state index in [0.717, 1.165) is 62.3 Å². The molecule has 0 saturated heterocycles. The lowest BCUT2D eigenvalue weighted by molar-refractivity contribution is -0.111. The van der Waals surface area contributed by atoms with Gasteiger partial charge in [0.25, 0.3) is 0 Å². The Balaban J connectivity index is 1.98. The first-order chi connectivity index (χ1) is 14.5. The Kier molecular flexibility index (Phi) is 10.1. The number of halogens is 1. The topological polar surface area (TPSA) is 41.6 Å². The molecule has 0 spiro atoms. The van der Waals surface area contributed by atoms with Crippen molar-refractivity contribution < 1.29 is 13.9 Å². The molecule has 0 radical (unpaired) electrons. The van der Waals surface area contributed by atoms with Gasteiger partial charge in [-0.1, -0.05) is 26.0 Å². The fourth-order valence-electron chi connectivity index (χ4n) is 3.48. The smallest absolute Gasteiger partial charge is 0.248 e. The van der Waals surface area contributed by atoms with Crippen LogP contribution in [0.15, 0.2) is 48.5 Å². The third kappa shape index (κ3) is 7.99. The van der Waals surface area contributed by atoms with Crippen molar-refractivity contribution in [2.75, 3.05) is 32.1 Å². The van der Waals surface area contributed by atoms with Crippen molar-refractivity contribution in [2.24, 2.45) is 0 Å². The highest BCUT2D eigenvalue weighted by atomic mass is 19.1. The number of rotatable bonds is 12. The summed E-state index contributed by atoms with van der Waals surface area (Å²) in [6, 6.07) is 11.8. The number of carbonyl (C=O) groups is 1. The van der Waals surface area contributed by atoms with Gasteiger partial charge in [0.2, 0.25) is 5.91 Å². The second-order valence-electron chi connectivity index (χ2n) is 7.35. The Morgan fingerprint density at radius 2 is 1.87 bits per heavy atom. The average Bonchev–Trinajstić information content (AvgIpc) is 2.73. The minimum absolute atomic E-state index is 0.257. The van der Waals surface area contributed by atoms with Crippen LogP contribution in [0.3, 0.4) is 0 Å². The number of nitrogens with zero attached hydrogens (tertiary/aromatic N) is 1. The van der Waals surface area contributed by atoms with E-state index >= 15 is 0 Å². The molecule has 0 atom stereocenters. The van der Waals surface area contributed by atoms with Gasteiger partial charge in [0.05, 0.1) is 7.11 Å². The summed E-state index contributed by atoms with van der Waals surface area (Å²) >= 11 is 0. The summed E-state index contributed by atoms with van der Waals surface area (Å²) in [6.45, 7) is 7.72. The third-order valence-electron chi connectivity index (χ3n) is 4.82. The molecule has 2 aromatic carbocycles. The molecule has 162 valence electrons. The zero-order valence-corrected chi connectivity index (χ0v) is 18.3. The van der Waals surface area contributed by atoms with E-state index in [0.29, 0.717) is 5.56 Å². The van der Waals surface area contributed by atoms with E-state index in [1.165, 1.54) is 18.2 Å². The Hall–Kier alpha value is -2.66. The Bertz CT molecular complexity index is 830. The van der Waals surface area contributed by atoms with Gasteiger partial charge in [0.1, 0.15) is 11.6 Å². The lowest BCUT2D eigenvalue weighted by Crippen LogP contribution is -2.26. The largest absolute Gasteiger partial charge is 0.496 e. The molecular formula is C25H33FN2O2. The van der Waals surface area contributed by atoms with Gasteiger partial charge in [-0.2, -0.15) is 0 Å². The molecule has 2 rings (SSSR count). The number of benzene rings is 2. The first-order valence-electron chi connectivity index (χ1n) is 10.7. The average molecular weight is 413 g/mol. The molecule has 0 aliphatic rings. The van der Waals surface area contributed by atoms with Crippen LogP contribution in [0.25, 0.3) is 6.08 Å². The van der Waals surface area contributed by atoms with Crippen LogP contribution in [-0.4, -0.2) is 37.6 Å². The molecule has 0 fully saturated rings. The molecule has 30 heavy (non-hydrogen) atoms. The standard InChI is InChI=1S/C25H33FN2O2/c1-4-15-28(16-5-2)17-7-9-21-19-23(12-13-24(21)30-3)27-25(29)14-11-20-8-6-10-22(26)18-20/h6,8,10-14,18-19H,4-5,7,9,15-17H2,1-3H3,(H,27,29). The van der Waals surface area contributed by atoms with E-state index in [9.17, 15) is 9.18 Å². The lowest BCUT2D eigenvalue weighted by atomic mass is 10.1. The molecule has 4 nitrogen and oxygen atoms in total. The van der Waals surface area contributed by atoms with E-state index in [4.69, 9.17) is 4.74 Å². The second kappa shape index (κ2) is 12.8. The summed E-state index contributed by atoms with van der Waals surface area (Å²) < 4.78 is 18.7. The number of nitrogens with one attached hydrogen (secondary N) is 1. The number of carbonyl (C=O) groups excluding carboxylic acids is 1. The Morgan fingerprint density at radius 1 is 1.10 bits per heavy atom. The third-order valence-corrected chi connectivity index (χ3v) is 4.82. The van der Waals surface area contributed by atoms with Crippen molar-refractivity contribution in [2.45, 2.75) is 39.5 Å². The van der Waals surface area contributed by atoms with Crippen molar-refractivity contribution in [3.05, 3.63) is 65.5 Å². The monoisotopic (exact) mass is 412 g/mol. The van der Waals surface area contributed by atoms with Gasteiger partial charge in [0, 0.05) is 11.8 Å². The molecule has 0 saturated carbocycles. The highest BCUT2D eigenvalue weighted by Crippen LogP contribution is 2.24. The molecule has 0 heterocycles. The van der Waals surface area contributed by atoms with Gasteiger partial charge < -0.3 is 15.0 Å². The highest BCUT2D eigenvalue weighted by Gasteiger charge is 2.08. The highest BCUT2D eigenvalue weighted by molar-refractivity contribution is 6.02. The van der Waals surface area contributed by atoms with Crippen molar-refractivity contribution in [3.63, 3.8) is 0 Å². The van der Waals surface area contributed by atoms with Crippen LogP contribution >= 0.6 is 0 Å². The van der Waals surface area contributed by atoms with E-state index in [1.54, 1.807) is 25.3 Å². The summed E-state index contributed by atoms with van der Waals surface area (Å²) in [5.41, 5.74) is 2.44. The predicted octanol–water partition coefficient (Wildman–Crippen LogP) is 5.54. The molecule has 2 aromatic rings. The van der Waals surface area contributed by atoms with Gasteiger partial charge in [0.15, 0.2) is 0 Å². The molecule has 1 N–H and O–H groups in total. The van der Waals surface area contributed by atoms with Crippen LogP contribution in [0.4, 0.5) is 10.1 Å². The van der Waals surface area contributed by atoms with Crippen LogP contribution in [-0.2, 0) is 11.2 Å². The molecule has 0 unspecified atom stereocenters. The second-order valence-corrected chi connectivity index (χ2v) is 7.35. The normalized spacial score (nSPS) is 11.2. The molecule has 1 amide bonds. The van der Waals surface area contributed by atoms with E-state index in [1.807, 2.05) is 18.2 Å². The maximum Gasteiger partial charge on any atom is 0.248 e. The van der Waals surface area contributed by atoms with Crippen molar-refractivity contribution in [3.8, 4) is 5.75 Å². The number of hydrogen-bond donors (Lipinski definition) is 1. The fraction of sp³-hybridized carbons (Fsp3) is 0.400. The van der Waals surface area contributed by atoms with E-state index < -0.39 is 0 Å². The maximum absolute atomic E-state index is 13.2. The quantitative estimate of drug-likeness (QED) is 0.465. The van der Waals surface area contributed by atoms with Gasteiger partial charge in [-0.3, -0.25) is 4.79 Å². The number of methoxy groups -OCH3 is 1. The number of hydrogen-bond acceptors (Lipinski definition) is 3. The minimum Gasteiger partial charge on any atom is -0.496 e. The van der Waals surface area contributed by atoms with E-state index in [2.05, 4.69) is 24.1 Å². The molecule has 5 heteroatoms. The number of ether oxygens (including phenoxy) is 1. The first kappa shape index (κ1) is 23.6. The predicted molar refractivity (Wildman–Crippen MR) is 122 cm³/mol. The number of amides is 1. The minimum atomic E-state index is -0.325. The van der Waals surface area contributed by atoms with Crippen molar-refractivity contribution in [1.29, 1.82) is 0 Å². The van der Waals surface area contributed by atoms with Crippen molar-refractivity contribution >= 4 is 17.7 Å². The van der Waals surface area contributed by atoms with Gasteiger partial charge >= 0.3 is 0 Å². The summed E-state index contributed by atoms with van der Waals surface area (Å²) in [5.74, 6) is 0.252. The maximum atomic E-state index is 13.2. The molecule has 0 aliphatic carbocycles. The van der Waals surface area contributed by atoms with E-state index in [-0.39, 0.29) is 11.7 Å². The lowest BCUT2D eigenvalue weighted by Gasteiger charge is -2.21. The number of aryl methyl sites for hydroxylation is 1. The van der Waals surface area contributed by atoms with Crippen LogP contribution in [0, 0.1) is 5.82 Å². The Labute approximate surface area is 179 Å². The Morgan fingerprint density at radius 3 is 2.53 bits per heavy atom. The van der Waals surface area contributed by atoms with Gasteiger partial charge in [-0.15, -0.1) is 0 Å². The van der Waals surface area contributed by atoms with Crippen LogP contribution in [0.2, 0.25) is 0 Å². The molecule has 0 aromatic heterocycles. The van der Waals surface area contributed by atoms with Crippen LogP contribution in [0.5, 0.6) is 5.75 Å². The summed E-state index contributed by atoms with van der Waals surface area (Å²) in [4.78, 5) is 14.7. The molecule has 0 bridgehead atoms. The summed E-state index contributed by atoms with van der Waals surface area (Å²) in [5, 5.41) is 2.87. The van der Waals surface area contributed by atoms with Gasteiger partial charge in [-0.05, 0) is 92.9 Å². The van der Waals surface area contributed by atoms with Gasteiger partial charge in [-0.25, -0.2) is 4.39 Å². The van der Waals surface area contributed by atoms with Crippen LogP contribution < -0.4 is 10.1 Å². The molecule has 0 aliphatic heterocycles. The summed E-state index contributed by atoms with van der Waals surface area (Å²) in [6.07, 6.45) is 7.25. The fourth-order valence-corrected chi connectivity index (χ4v) is 3.48. The SMILES string of the molecule is CCCN(CCC)CCCc1cc(NC(=O)C=Cc2cccc(F)c2)ccc1OC. The summed E-state index contributed by atoms with van der Waals surface area (Å²) in [7, 11) is 1.67. The zero-order chi connectivity index (χ0) is 21.8. The zero-order valence-electron chi connectivity index (χ0n) is 18.3. The first-order valence-corrected chi connectivity index (χ1v) is 10.7. The molecular weight excluding hydrogens is 379 g/mol. The number of anilines is 1. The van der Waals surface area contributed by atoms with Crippen LogP contribution in [0.1, 0.15) is 44.2 Å². The van der Waals surface area contributed by atoms with Crippen molar-refractivity contribution in [1.82, 2.24) is 4.90 Å².